The van der Waals surface area contributed by atoms with Gasteiger partial charge in [0.25, 0.3) is 0 Å². The zero-order valence-electron chi connectivity index (χ0n) is 7.42. The van der Waals surface area contributed by atoms with Crippen molar-refractivity contribution >= 4 is 16.5 Å². The first kappa shape index (κ1) is 10.2. The molecule has 1 aromatic carbocycles. The molecule has 0 spiro atoms. The summed E-state index contributed by atoms with van der Waals surface area (Å²) < 4.78 is 23.9. The molecule has 0 bridgehead atoms. The number of nitrogens with two attached hydrogens (primary N) is 1. The number of halogens is 1. The molecule has 0 saturated heterocycles. The highest BCUT2D eigenvalue weighted by Gasteiger charge is 2.04. The lowest BCUT2D eigenvalue weighted by molar-refractivity contribution is 0.626. The molecule has 0 aliphatic carbocycles. The number of benzene rings is 1. The molecule has 0 aliphatic rings. The summed E-state index contributed by atoms with van der Waals surface area (Å²) in [6.07, 6.45) is 0. The normalized spacial score (nSPS) is 12.8. The fourth-order valence-corrected chi connectivity index (χ4v) is 1.78. The van der Waals surface area contributed by atoms with Gasteiger partial charge < -0.3 is 5.73 Å². The summed E-state index contributed by atoms with van der Waals surface area (Å²) in [5.41, 5.74) is 6.72. The van der Waals surface area contributed by atoms with Crippen LogP contribution in [0, 0.1) is 5.82 Å². The summed E-state index contributed by atoms with van der Waals surface area (Å²) in [5, 5.41) is 0. The first-order valence-corrected chi connectivity index (χ1v) is 5.51. The van der Waals surface area contributed by atoms with Crippen molar-refractivity contribution in [1.82, 2.24) is 0 Å². The van der Waals surface area contributed by atoms with E-state index in [-0.39, 0.29) is 5.82 Å². The minimum Gasteiger partial charge on any atom is -0.398 e. The lowest BCUT2D eigenvalue weighted by atomic mass is 10.2. The van der Waals surface area contributed by atoms with Crippen LogP contribution >= 0.6 is 0 Å². The molecule has 1 aromatic rings. The monoisotopic (exact) mass is 201 g/mol. The summed E-state index contributed by atoms with van der Waals surface area (Å²) in [6, 6.07) is 4.13. The van der Waals surface area contributed by atoms with Crippen molar-refractivity contribution < 1.29 is 8.60 Å². The fraction of sp³-hybridized carbons (Fsp3) is 0.333. The number of hydrogen-bond donors (Lipinski definition) is 1. The average molecular weight is 201 g/mol. The number of anilines is 1. The molecule has 13 heavy (non-hydrogen) atoms. The summed E-state index contributed by atoms with van der Waals surface area (Å²) >= 11 is 0. The molecule has 2 nitrogen and oxygen atoms in total. The van der Waals surface area contributed by atoms with Gasteiger partial charge in [0.2, 0.25) is 0 Å². The summed E-state index contributed by atoms with van der Waals surface area (Å²) in [6.45, 7) is 1.82. The molecular weight excluding hydrogens is 189 g/mol. The Kier molecular flexibility index (Phi) is 3.42. The van der Waals surface area contributed by atoms with E-state index in [1.54, 1.807) is 0 Å². The Balaban J connectivity index is 2.87. The molecule has 0 saturated carbocycles. The van der Waals surface area contributed by atoms with Crippen LogP contribution in [0.15, 0.2) is 18.2 Å². The Morgan fingerprint density at radius 2 is 2.23 bits per heavy atom. The third-order valence-electron chi connectivity index (χ3n) is 1.74. The second-order valence-corrected chi connectivity index (χ2v) is 4.46. The maximum absolute atomic E-state index is 12.7. The Labute approximate surface area is 79.4 Å². The zero-order chi connectivity index (χ0) is 9.84. The van der Waals surface area contributed by atoms with E-state index in [1.807, 2.05) is 6.92 Å². The molecule has 2 N–H and O–H groups in total. The summed E-state index contributed by atoms with van der Waals surface area (Å²) in [5.74, 6) is 0.563. The van der Waals surface area contributed by atoms with Crippen molar-refractivity contribution in [3.05, 3.63) is 29.6 Å². The highest BCUT2D eigenvalue weighted by molar-refractivity contribution is 7.84. The lowest BCUT2D eigenvalue weighted by Gasteiger charge is -2.04. The van der Waals surface area contributed by atoms with Crippen molar-refractivity contribution in [3.63, 3.8) is 0 Å². The largest absolute Gasteiger partial charge is 0.398 e. The zero-order valence-corrected chi connectivity index (χ0v) is 8.23. The number of nitrogen functional groups attached to an aromatic ring is 1. The van der Waals surface area contributed by atoms with E-state index in [2.05, 4.69) is 0 Å². The molecule has 72 valence electrons. The first-order chi connectivity index (χ1) is 6.13. The van der Waals surface area contributed by atoms with E-state index < -0.39 is 10.8 Å². The van der Waals surface area contributed by atoms with Gasteiger partial charge >= 0.3 is 0 Å². The molecule has 0 radical (unpaired) electrons. The van der Waals surface area contributed by atoms with Gasteiger partial charge in [-0.3, -0.25) is 4.21 Å². The summed E-state index contributed by atoms with van der Waals surface area (Å²) in [4.78, 5) is 0. The Morgan fingerprint density at radius 1 is 1.54 bits per heavy atom. The molecule has 0 aromatic heterocycles. The van der Waals surface area contributed by atoms with Crippen LogP contribution in [0.25, 0.3) is 0 Å². The predicted octanol–water partition coefficient (Wildman–Crippen LogP) is 1.68. The Hall–Kier alpha value is -0.900. The molecule has 0 fully saturated rings. The molecule has 0 heterocycles. The first-order valence-electron chi connectivity index (χ1n) is 4.02. The van der Waals surface area contributed by atoms with Crippen LogP contribution in [0.2, 0.25) is 0 Å². The van der Waals surface area contributed by atoms with E-state index in [0.29, 0.717) is 22.8 Å². The SMILES string of the molecule is CCS(=O)Cc1cc(F)ccc1N. The van der Waals surface area contributed by atoms with Gasteiger partial charge in [-0.1, -0.05) is 6.92 Å². The van der Waals surface area contributed by atoms with Crippen LogP contribution in [0.3, 0.4) is 0 Å². The third kappa shape index (κ3) is 2.81. The summed E-state index contributed by atoms with van der Waals surface area (Å²) in [7, 11) is -0.943. The van der Waals surface area contributed by atoms with E-state index in [0.717, 1.165) is 0 Å². The minimum absolute atomic E-state index is 0.333. The van der Waals surface area contributed by atoms with Crippen LogP contribution in [-0.4, -0.2) is 9.96 Å². The quantitative estimate of drug-likeness (QED) is 0.756. The van der Waals surface area contributed by atoms with Gasteiger partial charge in [-0.25, -0.2) is 4.39 Å². The van der Waals surface area contributed by atoms with E-state index >= 15 is 0 Å². The second kappa shape index (κ2) is 4.37. The van der Waals surface area contributed by atoms with Gasteiger partial charge in [-0.2, -0.15) is 0 Å². The predicted molar refractivity (Wildman–Crippen MR) is 53.2 cm³/mol. The van der Waals surface area contributed by atoms with Crippen LogP contribution in [0.5, 0.6) is 0 Å². The molecule has 1 unspecified atom stereocenters. The van der Waals surface area contributed by atoms with Crippen molar-refractivity contribution in [1.29, 1.82) is 0 Å². The number of hydrogen-bond acceptors (Lipinski definition) is 2. The van der Waals surface area contributed by atoms with Gasteiger partial charge in [-0.05, 0) is 23.8 Å². The molecular formula is C9H12FNOS. The van der Waals surface area contributed by atoms with Gasteiger partial charge in [0.05, 0.1) is 5.75 Å². The Morgan fingerprint density at radius 3 is 2.85 bits per heavy atom. The minimum atomic E-state index is -0.943. The molecule has 1 rings (SSSR count). The molecule has 4 heteroatoms. The highest BCUT2D eigenvalue weighted by atomic mass is 32.2. The molecule has 0 amide bonds. The lowest BCUT2D eigenvalue weighted by Crippen LogP contribution is -2.01. The molecule has 0 aliphatic heterocycles. The van der Waals surface area contributed by atoms with Crippen LogP contribution in [0.4, 0.5) is 10.1 Å². The van der Waals surface area contributed by atoms with Crippen LogP contribution in [-0.2, 0) is 16.6 Å². The Bertz CT molecular complexity index is 327. The van der Waals surface area contributed by atoms with Gasteiger partial charge in [0, 0.05) is 22.2 Å². The maximum atomic E-state index is 12.7. The van der Waals surface area contributed by atoms with Gasteiger partial charge in [-0.15, -0.1) is 0 Å². The third-order valence-corrected chi connectivity index (χ3v) is 3.02. The van der Waals surface area contributed by atoms with E-state index in [4.69, 9.17) is 5.73 Å². The van der Waals surface area contributed by atoms with Crippen molar-refractivity contribution in [2.45, 2.75) is 12.7 Å². The second-order valence-electron chi connectivity index (χ2n) is 2.72. The number of rotatable bonds is 3. The standard InChI is InChI=1S/C9H12FNOS/c1-2-13(12)6-7-5-8(10)3-4-9(7)11/h3-5H,2,6,11H2,1H3. The maximum Gasteiger partial charge on any atom is 0.123 e. The van der Waals surface area contributed by atoms with E-state index in [9.17, 15) is 8.60 Å². The average Bonchev–Trinajstić information content (AvgIpc) is 2.11. The van der Waals surface area contributed by atoms with Crippen LogP contribution in [0.1, 0.15) is 12.5 Å². The fourth-order valence-electron chi connectivity index (χ4n) is 0.975. The van der Waals surface area contributed by atoms with Crippen LogP contribution < -0.4 is 5.73 Å². The van der Waals surface area contributed by atoms with Gasteiger partial charge in [0.15, 0.2) is 0 Å². The van der Waals surface area contributed by atoms with Crippen molar-refractivity contribution in [2.24, 2.45) is 0 Å². The highest BCUT2D eigenvalue weighted by Crippen LogP contribution is 2.15. The van der Waals surface area contributed by atoms with Gasteiger partial charge in [0.1, 0.15) is 5.82 Å². The van der Waals surface area contributed by atoms with Crippen molar-refractivity contribution in [2.75, 3.05) is 11.5 Å². The smallest absolute Gasteiger partial charge is 0.123 e. The van der Waals surface area contributed by atoms with E-state index in [1.165, 1.54) is 18.2 Å². The topological polar surface area (TPSA) is 43.1 Å². The molecule has 1 atom stereocenters. The van der Waals surface area contributed by atoms with Crippen molar-refractivity contribution in [3.8, 4) is 0 Å².